The summed E-state index contributed by atoms with van der Waals surface area (Å²) in [5, 5.41) is 12.1. The van der Waals surface area contributed by atoms with Crippen molar-refractivity contribution in [2.24, 2.45) is 0 Å². The number of para-hydroxylation sites is 1. The topological polar surface area (TPSA) is 52.8 Å². The lowest BCUT2D eigenvalue weighted by atomic mass is 10.1. The number of hydrogen-bond donors (Lipinski definition) is 0. The average molecular weight is 290 g/mol. The van der Waals surface area contributed by atoms with Crippen LogP contribution in [0.25, 0.3) is 0 Å². The van der Waals surface area contributed by atoms with Crippen LogP contribution in [0.1, 0.15) is 32.2 Å². The van der Waals surface area contributed by atoms with Crippen LogP contribution in [-0.4, -0.2) is 20.2 Å². The molecule has 1 heterocycles. The van der Waals surface area contributed by atoms with Crippen LogP contribution in [0.3, 0.4) is 0 Å². The maximum atomic E-state index is 13.8. The molecular formula is C15H19FN4O. The molecule has 2 aromatic rings. The molecule has 1 aromatic carbocycles. The van der Waals surface area contributed by atoms with Gasteiger partial charge in [-0.1, -0.05) is 18.2 Å². The van der Waals surface area contributed by atoms with E-state index >= 15 is 0 Å². The Morgan fingerprint density at radius 1 is 1.38 bits per heavy atom. The molecule has 0 amide bonds. The number of tetrazole rings is 1. The van der Waals surface area contributed by atoms with Crippen molar-refractivity contribution in [3.8, 4) is 5.75 Å². The molecule has 0 unspecified atom stereocenters. The van der Waals surface area contributed by atoms with E-state index in [2.05, 4.69) is 22.0 Å². The van der Waals surface area contributed by atoms with Crippen LogP contribution in [0.4, 0.5) is 4.39 Å². The molecule has 6 heteroatoms. The SMILES string of the molecule is C=CCc1cccc(F)c1OCc1nnn(C(C)(C)C)n1. The van der Waals surface area contributed by atoms with Crippen LogP contribution in [0.15, 0.2) is 30.9 Å². The molecule has 1 aromatic heterocycles. The van der Waals surface area contributed by atoms with Crippen molar-refractivity contribution < 1.29 is 9.13 Å². The highest BCUT2D eigenvalue weighted by Gasteiger charge is 2.17. The molecular weight excluding hydrogens is 271 g/mol. The summed E-state index contributed by atoms with van der Waals surface area (Å²) in [6.07, 6.45) is 2.24. The molecule has 21 heavy (non-hydrogen) atoms. The minimum absolute atomic E-state index is 0.0706. The van der Waals surface area contributed by atoms with Gasteiger partial charge in [0, 0.05) is 5.56 Å². The van der Waals surface area contributed by atoms with Crippen molar-refractivity contribution in [2.75, 3.05) is 0 Å². The van der Waals surface area contributed by atoms with E-state index < -0.39 is 5.82 Å². The minimum atomic E-state index is -0.405. The van der Waals surface area contributed by atoms with Crippen LogP contribution < -0.4 is 4.74 Å². The van der Waals surface area contributed by atoms with Crippen molar-refractivity contribution in [3.63, 3.8) is 0 Å². The van der Waals surface area contributed by atoms with Crippen LogP contribution in [0, 0.1) is 5.82 Å². The van der Waals surface area contributed by atoms with Gasteiger partial charge in [-0.3, -0.25) is 0 Å². The van der Waals surface area contributed by atoms with Gasteiger partial charge < -0.3 is 4.74 Å². The van der Waals surface area contributed by atoms with Crippen molar-refractivity contribution in [1.82, 2.24) is 20.2 Å². The van der Waals surface area contributed by atoms with Gasteiger partial charge in [-0.2, -0.15) is 4.80 Å². The van der Waals surface area contributed by atoms with Gasteiger partial charge in [0.1, 0.15) is 0 Å². The lowest BCUT2D eigenvalue weighted by molar-refractivity contribution is 0.271. The second-order valence-corrected chi connectivity index (χ2v) is 5.68. The third-order valence-electron chi connectivity index (χ3n) is 2.81. The minimum Gasteiger partial charge on any atom is -0.482 e. The molecule has 0 atom stereocenters. The summed E-state index contributed by atoms with van der Waals surface area (Å²) in [6, 6.07) is 4.82. The fraction of sp³-hybridized carbons (Fsp3) is 0.400. The molecule has 0 saturated heterocycles. The molecule has 2 rings (SSSR count). The zero-order valence-corrected chi connectivity index (χ0v) is 12.5. The zero-order chi connectivity index (χ0) is 15.5. The lowest BCUT2D eigenvalue weighted by Gasteiger charge is -2.15. The first-order valence-electron chi connectivity index (χ1n) is 6.72. The second-order valence-electron chi connectivity index (χ2n) is 5.68. The Morgan fingerprint density at radius 2 is 2.14 bits per heavy atom. The van der Waals surface area contributed by atoms with E-state index in [9.17, 15) is 4.39 Å². The van der Waals surface area contributed by atoms with Gasteiger partial charge in [-0.25, -0.2) is 4.39 Å². The number of rotatable bonds is 5. The first-order valence-corrected chi connectivity index (χ1v) is 6.72. The number of ether oxygens (including phenoxy) is 1. The van der Waals surface area contributed by atoms with Crippen LogP contribution in [0.2, 0.25) is 0 Å². The lowest BCUT2D eigenvalue weighted by Crippen LogP contribution is -2.24. The van der Waals surface area contributed by atoms with Gasteiger partial charge in [0.2, 0.25) is 5.82 Å². The van der Waals surface area contributed by atoms with E-state index in [1.807, 2.05) is 20.8 Å². The van der Waals surface area contributed by atoms with Gasteiger partial charge >= 0.3 is 0 Å². The first-order chi connectivity index (χ1) is 9.91. The van der Waals surface area contributed by atoms with E-state index in [1.54, 1.807) is 18.2 Å². The fourth-order valence-electron chi connectivity index (χ4n) is 1.75. The Morgan fingerprint density at radius 3 is 2.76 bits per heavy atom. The zero-order valence-electron chi connectivity index (χ0n) is 12.5. The van der Waals surface area contributed by atoms with Gasteiger partial charge in [0.05, 0.1) is 5.54 Å². The predicted octanol–water partition coefficient (Wildman–Crippen LogP) is 2.87. The van der Waals surface area contributed by atoms with Gasteiger partial charge in [-0.15, -0.1) is 16.8 Å². The molecule has 0 saturated carbocycles. The first kappa shape index (κ1) is 15.2. The summed E-state index contributed by atoms with van der Waals surface area (Å²) in [7, 11) is 0. The Bertz CT molecular complexity index is 631. The van der Waals surface area contributed by atoms with Crippen LogP contribution in [-0.2, 0) is 18.6 Å². The summed E-state index contributed by atoms with van der Waals surface area (Å²) >= 11 is 0. The van der Waals surface area contributed by atoms with E-state index in [4.69, 9.17) is 4.74 Å². The molecule has 0 bridgehead atoms. The van der Waals surface area contributed by atoms with E-state index in [-0.39, 0.29) is 17.9 Å². The highest BCUT2D eigenvalue weighted by atomic mass is 19.1. The number of benzene rings is 1. The van der Waals surface area contributed by atoms with E-state index in [1.165, 1.54) is 10.9 Å². The van der Waals surface area contributed by atoms with Gasteiger partial charge in [-0.05, 0) is 38.5 Å². The third-order valence-corrected chi connectivity index (χ3v) is 2.81. The quantitative estimate of drug-likeness (QED) is 0.795. The molecule has 0 aliphatic carbocycles. The summed E-state index contributed by atoms with van der Waals surface area (Å²) in [5.74, 6) is 0.222. The van der Waals surface area contributed by atoms with Crippen LogP contribution in [0.5, 0.6) is 5.75 Å². The molecule has 0 spiro atoms. The number of aromatic nitrogens is 4. The second kappa shape index (κ2) is 6.03. The summed E-state index contributed by atoms with van der Waals surface area (Å²) in [6.45, 7) is 9.64. The average Bonchev–Trinajstić information content (AvgIpc) is 2.87. The van der Waals surface area contributed by atoms with Crippen molar-refractivity contribution in [3.05, 3.63) is 48.1 Å². The largest absolute Gasteiger partial charge is 0.482 e. The molecule has 0 radical (unpaired) electrons. The van der Waals surface area contributed by atoms with Gasteiger partial charge in [0.15, 0.2) is 18.2 Å². The number of halogens is 1. The standard InChI is InChI=1S/C15H19FN4O/c1-5-7-11-8-6-9-12(16)14(11)21-10-13-17-19-20(18-13)15(2,3)4/h5-6,8-9H,1,7,10H2,2-4H3. The Kier molecular flexibility index (Phi) is 4.35. The Balaban J connectivity index is 2.13. The number of allylic oxidation sites excluding steroid dienone is 1. The van der Waals surface area contributed by atoms with Gasteiger partial charge in [0.25, 0.3) is 0 Å². The van der Waals surface area contributed by atoms with E-state index in [0.29, 0.717) is 12.2 Å². The summed E-state index contributed by atoms with van der Waals surface area (Å²) in [4.78, 5) is 1.51. The molecule has 0 aliphatic heterocycles. The third kappa shape index (κ3) is 3.65. The maximum Gasteiger partial charge on any atom is 0.212 e. The number of nitrogens with zero attached hydrogens (tertiary/aromatic N) is 4. The molecule has 0 fully saturated rings. The summed E-state index contributed by atoms with van der Waals surface area (Å²) in [5.41, 5.74) is 0.491. The summed E-state index contributed by atoms with van der Waals surface area (Å²) < 4.78 is 19.4. The Labute approximate surface area is 123 Å². The smallest absolute Gasteiger partial charge is 0.212 e. The highest BCUT2D eigenvalue weighted by Crippen LogP contribution is 2.24. The van der Waals surface area contributed by atoms with Crippen LogP contribution >= 0.6 is 0 Å². The normalized spacial score (nSPS) is 11.4. The predicted molar refractivity (Wildman–Crippen MR) is 77.4 cm³/mol. The Hall–Kier alpha value is -2.24. The van der Waals surface area contributed by atoms with Crippen molar-refractivity contribution in [2.45, 2.75) is 39.3 Å². The highest BCUT2D eigenvalue weighted by molar-refractivity contribution is 5.36. The molecule has 0 N–H and O–H groups in total. The molecule has 0 aliphatic rings. The molecule has 5 nitrogen and oxygen atoms in total. The fourth-order valence-corrected chi connectivity index (χ4v) is 1.75. The monoisotopic (exact) mass is 290 g/mol. The van der Waals surface area contributed by atoms with Crippen molar-refractivity contribution in [1.29, 1.82) is 0 Å². The molecule has 112 valence electrons. The van der Waals surface area contributed by atoms with E-state index in [0.717, 1.165) is 5.56 Å². The van der Waals surface area contributed by atoms with Crippen molar-refractivity contribution >= 4 is 0 Å². The maximum absolute atomic E-state index is 13.8. The number of hydrogen-bond acceptors (Lipinski definition) is 4.